The minimum Gasteiger partial charge on any atom is -0.479 e. The molecule has 0 saturated carbocycles. The van der Waals surface area contributed by atoms with Gasteiger partial charge in [0.1, 0.15) is 0 Å². The van der Waals surface area contributed by atoms with E-state index in [-0.39, 0.29) is 0 Å². The van der Waals surface area contributed by atoms with Crippen LogP contribution < -0.4 is 0 Å². The first-order valence-electron chi connectivity index (χ1n) is 7.56. The summed E-state index contributed by atoms with van der Waals surface area (Å²) in [6.07, 6.45) is 10.8. The molecule has 0 aromatic rings. The summed E-state index contributed by atoms with van der Waals surface area (Å²) >= 11 is 0. The number of ether oxygens (including phenoxy) is 1. The van der Waals surface area contributed by atoms with Gasteiger partial charge in [0, 0.05) is 6.61 Å². The Morgan fingerprint density at radius 2 is 1.50 bits per heavy atom. The zero-order chi connectivity index (χ0) is 13.6. The molecule has 1 N–H and O–H groups in total. The maximum atomic E-state index is 10.9. The van der Waals surface area contributed by atoms with Crippen LogP contribution in [0.1, 0.15) is 78.1 Å². The number of carboxylic acids is 1. The van der Waals surface area contributed by atoms with Crippen LogP contribution in [0.3, 0.4) is 0 Å². The lowest BCUT2D eigenvalue weighted by atomic mass is 10.1. The predicted octanol–water partition coefficient (Wildman–Crippen LogP) is 4.40. The molecule has 0 bridgehead atoms. The van der Waals surface area contributed by atoms with E-state index in [0.717, 1.165) is 19.3 Å². The van der Waals surface area contributed by atoms with E-state index in [2.05, 4.69) is 6.92 Å². The molecule has 3 nitrogen and oxygen atoms in total. The summed E-state index contributed by atoms with van der Waals surface area (Å²) in [5, 5.41) is 8.97. The molecule has 0 aliphatic carbocycles. The van der Waals surface area contributed by atoms with Crippen LogP contribution in [0.4, 0.5) is 0 Å². The van der Waals surface area contributed by atoms with E-state index >= 15 is 0 Å². The van der Waals surface area contributed by atoms with Crippen molar-refractivity contribution in [1.29, 1.82) is 0 Å². The van der Waals surface area contributed by atoms with Crippen LogP contribution in [-0.4, -0.2) is 23.8 Å². The quantitative estimate of drug-likeness (QED) is 0.498. The van der Waals surface area contributed by atoms with Gasteiger partial charge in [-0.3, -0.25) is 0 Å². The highest BCUT2D eigenvalue weighted by atomic mass is 16.5. The third-order valence-electron chi connectivity index (χ3n) is 3.12. The molecule has 0 radical (unpaired) electrons. The highest BCUT2D eigenvalue weighted by Crippen LogP contribution is 2.12. The molecule has 0 heterocycles. The van der Waals surface area contributed by atoms with Crippen molar-refractivity contribution in [2.45, 2.75) is 84.2 Å². The van der Waals surface area contributed by atoms with E-state index in [1.54, 1.807) is 0 Å². The molecule has 3 heteroatoms. The third kappa shape index (κ3) is 10.6. The third-order valence-corrected chi connectivity index (χ3v) is 3.12. The van der Waals surface area contributed by atoms with Gasteiger partial charge in [0.25, 0.3) is 0 Å². The molecular weight excluding hydrogens is 228 g/mol. The van der Waals surface area contributed by atoms with Crippen LogP contribution >= 0.6 is 0 Å². The molecule has 0 rings (SSSR count). The van der Waals surface area contributed by atoms with Crippen molar-refractivity contribution in [3.05, 3.63) is 0 Å². The van der Waals surface area contributed by atoms with Crippen molar-refractivity contribution in [3.63, 3.8) is 0 Å². The normalized spacial score (nSPS) is 12.6. The molecular formula is C15H30O3. The molecule has 0 aliphatic rings. The Labute approximate surface area is 112 Å². The summed E-state index contributed by atoms with van der Waals surface area (Å²) in [6.45, 7) is 4.77. The molecule has 108 valence electrons. The maximum absolute atomic E-state index is 10.9. The van der Waals surface area contributed by atoms with Gasteiger partial charge < -0.3 is 9.84 Å². The van der Waals surface area contributed by atoms with Gasteiger partial charge in [0.05, 0.1) is 0 Å². The largest absolute Gasteiger partial charge is 0.479 e. The Morgan fingerprint density at radius 3 is 2.00 bits per heavy atom. The topological polar surface area (TPSA) is 46.5 Å². The van der Waals surface area contributed by atoms with Crippen LogP contribution in [0.25, 0.3) is 0 Å². The van der Waals surface area contributed by atoms with Crippen molar-refractivity contribution in [2.24, 2.45) is 0 Å². The number of unbranched alkanes of at least 4 members (excludes halogenated alkanes) is 7. The van der Waals surface area contributed by atoms with E-state index in [1.165, 1.54) is 38.5 Å². The number of aliphatic carboxylic acids is 1. The molecule has 0 aromatic carbocycles. The molecule has 1 unspecified atom stereocenters. The molecule has 18 heavy (non-hydrogen) atoms. The Bertz CT molecular complexity index is 192. The Hall–Kier alpha value is -0.570. The minimum atomic E-state index is -0.814. The van der Waals surface area contributed by atoms with E-state index in [1.807, 2.05) is 6.92 Å². The average molecular weight is 258 g/mol. The first-order chi connectivity index (χ1) is 8.72. The lowest BCUT2D eigenvalue weighted by Gasteiger charge is -2.12. The molecule has 0 aromatic heterocycles. The summed E-state index contributed by atoms with van der Waals surface area (Å²) in [5.41, 5.74) is 0. The van der Waals surface area contributed by atoms with Gasteiger partial charge in [-0.05, 0) is 12.8 Å². The molecule has 0 amide bonds. The van der Waals surface area contributed by atoms with E-state index < -0.39 is 12.1 Å². The average Bonchev–Trinajstić information content (AvgIpc) is 2.35. The van der Waals surface area contributed by atoms with E-state index in [0.29, 0.717) is 13.0 Å². The first-order valence-corrected chi connectivity index (χ1v) is 7.56. The van der Waals surface area contributed by atoms with Crippen LogP contribution in [-0.2, 0) is 9.53 Å². The van der Waals surface area contributed by atoms with Gasteiger partial charge >= 0.3 is 5.97 Å². The second-order valence-electron chi connectivity index (χ2n) is 4.96. The molecule has 0 fully saturated rings. The van der Waals surface area contributed by atoms with Crippen molar-refractivity contribution in [2.75, 3.05) is 6.61 Å². The fraction of sp³-hybridized carbons (Fsp3) is 0.933. The van der Waals surface area contributed by atoms with Crippen molar-refractivity contribution in [3.8, 4) is 0 Å². The first kappa shape index (κ1) is 17.4. The zero-order valence-corrected chi connectivity index (χ0v) is 12.1. The Kier molecular flexibility index (Phi) is 12.5. The van der Waals surface area contributed by atoms with Crippen molar-refractivity contribution >= 4 is 5.97 Å². The second kappa shape index (κ2) is 12.9. The molecule has 0 saturated heterocycles. The number of carbonyl (C=O) groups is 1. The highest BCUT2D eigenvalue weighted by Gasteiger charge is 2.16. The fourth-order valence-corrected chi connectivity index (χ4v) is 2.00. The lowest BCUT2D eigenvalue weighted by Crippen LogP contribution is -2.24. The Balaban J connectivity index is 3.40. The highest BCUT2D eigenvalue weighted by molar-refractivity contribution is 5.72. The van der Waals surface area contributed by atoms with Gasteiger partial charge in [0.15, 0.2) is 6.10 Å². The molecule has 0 spiro atoms. The van der Waals surface area contributed by atoms with Gasteiger partial charge in [-0.1, -0.05) is 65.2 Å². The number of hydrogen-bond donors (Lipinski definition) is 1. The summed E-state index contributed by atoms with van der Waals surface area (Å²) < 4.78 is 5.31. The SMILES string of the molecule is CCCCCCCCCCC(OCCC)C(=O)O. The molecule has 1 atom stereocenters. The summed E-state index contributed by atoms with van der Waals surface area (Å²) in [7, 11) is 0. The maximum Gasteiger partial charge on any atom is 0.332 e. The van der Waals surface area contributed by atoms with Gasteiger partial charge in [-0.25, -0.2) is 4.79 Å². The smallest absolute Gasteiger partial charge is 0.332 e. The number of hydrogen-bond acceptors (Lipinski definition) is 2. The van der Waals surface area contributed by atoms with Crippen LogP contribution in [0.2, 0.25) is 0 Å². The van der Waals surface area contributed by atoms with E-state index in [4.69, 9.17) is 9.84 Å². The van der Waals surface area contributed by atoms with E-state index in [9.17, 15) is 4.79 Å². The van der Waals surface area contributed by atoms with Gasteiger partial charge in [-0.2, -0.15) is 0 Å². The molecule has 0 aliphatic heterocycles. The van der Waals surface area contributed by atoms with Crippen molar-refractivity contribution < 1.29 is 14.6 Å². The van der Waals surface area contributed by atoms with Gasteiger partial charge in [0.2, 0.25) is 0 Å². The lowest BCUT2D eigenvalue weighted by molar-refractivity contribution is -0.150. The van der Waals surface area contributed by atoms with Crippen LogP contribution in [0, 0.1) is 0 Å². The summed E-state index contributed by atoms with van der Waals surface area (Å²) in [4.78, 5) is 10.9. The second-order valence-corrected chi connectivity index (χ2v) is 4.96. The summed E-state index contributed by atoms with van der Waals surface area (Å²) in [5.74, 6) is -0.814. The zero-order valence-electron chi connectivity index (χ0n) is 12.1. The monoisotopic (exact) mass is 258 g/mol. The summed E-state index contributed by atoms with van der Waals surface area (Å²) in [6, 6.07) is 0. The van der Waals surface area contributed by atoms with Crippen LogP contribution in [0.15, 0.2) is 0 Å². The standard InChI is InChI=1S/C15H30O3/c1-3-5-6-7-8-9-10-11-12-14(15(16)17)18-13-4-2/h14H,3-13H2,1-2H3,(H,16,17). The minimum absolute atomic E-state index is 0.550. The number of rotatable bonds is 13. The number of carboxylic acid groups (broad SMARTS) is 1. The van der Waals surface area contributed by atoms with Crippen LogP contribution in [0.5, 0.6) is 0 Å². The predicted molar refractivity (Wildman–Crippen MR) is 74.9 cm³/mol. The Morgan fingerprint density at radius 1 is 0.944 bits per heavy atom. The van der Waals surface area contributed by atoms with Gasteiger partial charge in [-0.15, -0.1) is 0 Å². The van der Waals surface area contributed by atoms with Crippen molar-refractivity contribution in [1.82, 2.24) is 0 Å². The fourth-order valence-electron chi connectivity index (χ4n) is 2.00.